The molecule has 1 aliphatic carbocycles. The summed E-state index contributed by atoms with van der Waals surface area (Å²) in [6.07, 6.45) is 12.9. The quantitative estimate of drug-likeness (QED) is 0.423. The van der Waals surface area contributed by atoms with Gasteiger partial charge in [0.15, 0.2) is 0 Å². The van der Waals surface area contributed by atoms with Gasteiger partial charge >= 0.3 is 5.97 Å². The SMILES string of the molecule is C=C/C=C(\C=C/C)C1(C(=O)OC)CC=CC1.CC. The Kier molecular flexibility index (Phi) is 7.77. The van der Waals surface area contributed by atoms with E-state index in [0.29, 0.717) is 12.8 Å². The highest BCUT2D eigenvalue weighted by Crippen LogP contribution is 2.42. The van der Waals surface area contributed by atoms with Crippen molar-refractivity contribution in [3.8, 4) is 0 Å². The van der Waals surface area contributed by atoms with Crippen molar-refractivity contribution >= 4 is 5.97 Å². The summed E-state index contributed by atoms with van der Waals surface area (Å²) in [5.74, 6) is -0.177. The second kappa shape index (κ2) is 8.51. The van der Waals surface area contributed by atoms with Crippen LogP contribution in [-0.4, -0.2) is 13.1 Å². The smallest absolute Gasteiger partial charge is 0.316 e. The molecule has 1 aliphatic rings. The lowest BCUT2D eigenvalue weighted by Crippen LogP contribution is -2.31. The van der Waals surface area contributed by atoms with Gasteiger partial charge in [0.25, 0.3) is 0 Å². The third-order valence-corrected chi connectivity index (χ3v) is 2.87. The monoisotopic (exact) mass is 248 g/mol. The molecule has 2 nitrogen and oxygen atoms in total. The van der Waals surface area contributed by atoms with Crippen LogP contribution in [0.25, 0.3) is 0 Å². The van der Waals surface area contributed by atoms with E-state index in [4.69, 9.17) is 4.74 Å². The Balaban J connectivity index is 0.00000137. The zero-order chi connectivity index (χ0) is 14.0. The number of methoxy groups -OCH3 is 1. The maximum atomic E-state index is 12.0. The highest BCUT2D eigenvalue weighted by atomic mass is 16.5. The average Bonchev–Trinajstić information content (AvgIpc) is 2.90. The molecule has 18 heavy (non-hydrogen) atoms. The van der Waals surface area contributed by atoms with Crippen molar-refractivity contribution in [2.24, 2.45) is 5.41 Å². The van der Waals surface area contributed by atoms with Crippen LogP contribution in [0.2, 0.25) is 0 Å². The van der Waals surface area contributed by atoms with Crippen LogP contribution in [-0.2, 0) is 9.53 Å². The van der Waals surface area contributed by atoms with E-state index in [1.54, 1.807) is 6.08 Å². The van der Waals surface area contributed by atoms with E-state index < -0.39 is 5.41 Å². The second-order valence-electron chi connectivity index (χ2n) is 3.81. The number of hydrogen-bond acceptors (Lipinski definition) is 2. The van der Waals surface area contributed by atoms with Gasteiger partial charge in [-0.1, -0.05) is 56.9 Å². The standard InChI is InChI=1S/C14H18O2.C2H6/c1-4-8-12(9-5-2)14(13(15)16-3)10-6-7-11-14;1-2/h4-9H,1,10-11H2,2-3H3;1-2H3/b9-5-,12-8+;. The first kappa shape index (κ1) is 16.4. The molecule has 0 fully saturated rings. The first-order chi connectivity index (χ1) is 8.71. The highest BCUT2D eigenvalue weighted by molar-refractivity contribution is 5.82. The van der Waals surface area contributed by atoms with Gasteiger partial charge in [-0.25, -0.2) is 0 Å². The number of carbonyl (C=O) groups excluding carboxylic acids is 1. The van der Waals surface area contributed by atoms with Gasteiger partial charge in [0, 0.05) is 0 Å². The summed E-state index contributed by atoms with van der Waals surface area (Å²) >= 11 is 0. The topological polar surface area (TPSA) is 26.3 Å². The number of rotatable bonds is 4. The van der Waals surface area contributed by atoms with Crippen LogP contribution >= 0.6 is 0 Å². The summed E-state index contributed by atoms with van der Waals surface area (Å²) in [7, 11) is 1.43. The Morgan fingerprint density at radius 3 is 2.28 bits per heavy atom. The molecule has 0 atom stereocenters. The number of ether oxygens (including phenoxy) is 1. The molecule has 0 radical (unpaired) electrons. The first-order valence-corrected chi connectivity index (χ1v) is 6.40. The average molecular weight is 248 g/mol. The Hall–Kier alpha value is -1.57. The van der Waals surface area contributed by atoms with Gasteiger partial charge < -0.3 is 4.74 Å². The molecular weight excluding hydrogens is 224 g/mol. The van der Waals surface area contributed by atoms with Gasteiger partial charge in [0.05, 0.1) is 12.5 Å². The van der Waals surface area contributed by atoms with Crippen molar-refractivity contribution in [2.45, 2.75) is 33.6 Å². The molecule has 1 rings (SSSR count). The van der Waals surface area contributed by atoms with Gasteiger partial charge in [0.1, 0.15) is 0 Å². The van der Waals surface area contributed by atoms with Gasteiger partial charge in [0.2, 0.25) is 0 Å². The van der Waals surface area contributed by atoms with E-state index in [1.165, 1.54) is 7.11 Å². The first-order valence-electron chi connectivity index (χ1n) is 6.40. The van der Waals surface area contributed by atoms with Crippen LogP contribution in [0, 0.1) is 5.41 Å². The fourth-order valence-electron chi connectivity index (χ4n) is 2.05. The molecule has 0 spiro atoms. The molecule has 0 heterocycles. The predicted molar refractivity (Wildman–Crippen MR) is 77.3 cm³/mol. The normalized spacial score (nSPS) is 17.2. The summed E-state index contributed by atoms with van der Waals surface area (Å²) < 4.78 is 4.92. The van der Waals surface area contributed by atoms with E-state index in [0.717, 1.165) is 5.57 Å². The largest absolute Gasteiger partial charge is 0.468 e. The molecule has 0 aromatic carbocycles. The Labute approximate surface area is 111 Å². The van der Waals surface area contributed by atoms with Gasteiger partial charge in [-0.05, 0) is 25.3 Å². The number of carbonyl (C=O) groups is 1. The molecule has 0 aromatic heterocycles. The van der Waals surface area contributed by atoms with Gasteiger partial charge in [-0.15, -0.1) is 0 Å². The van der Waals surface area contributed by atoms with E-state index in [2.05, 4.69) is 6.58 Å². The van der Waals surface area contributed by atoms with Crippen LogP contribution in [0.5, 0.6) is 0 Å². The Morgan fingerprint density at radius 2 is 1.89 bits per heavy atom. The van der Waals surface area contributed by atoms with Crippen LogP contribution in [0.15, 0.2) is 48.6 Å². The summed E-state index contributed by atoms with van der Waals surface area (Å²) in [5, 5.41) is 0. The van der Waals surface area contributed by atoms with E-state index in [-0.39, 0.29) is 5.97 Å². The molecule has 0 bridgehead atoms. The lowest BCUT2D eigenvalue weighted by Gasteiger charge is -2.27. The minimum Gasteiger partial charge on any atom is -0.468 e. The Morgan fingerprint density at radius 1 is 1.33 bits per heavy atom. The van der Waals surface area contributed by atoms with Crippen LogP contribution in [0.3, 0.4) is 0 Å². The van der Waals surface area contributed by atoms with Gasteiger partial charge in [-0.2, -0.15) is 0 Å². The molecular formula is C16H24O2. The zero-order valence-corrected chi connectivity index (χ0v) is 11.9. The highest BCUT2D eigenvalue weighted by Gasteiger charge is 2.42. The Bertz CT molecular complexity index is 351. The summed E-state index contributed by atoms with van der Waals surface area (Å²) in [6.45, 7) is 9.62. The van der Waals surface area contributed by atoms with E-state index in [1.807, 2.05) is 51.2 Å². The maximum absolute atomic E-state index is 12.0. The van der Waals surface area contributed by atoms with E-state index >= 15 is 0 Å². The van der Waals surface area contributed by atoms with Crippen molar-refractivity contribution in [1.82, 2.24) is 0 Å². The van der Waals surface area contributed by atoms with Crippen molar-refractivity contribution < 1.29 is 9.53 Å². The number of esters is 1. The summed E-state index contributed by atoms with van der Waals surface area (Å²) in [6, 6.07) is 0. The zero-order valence-electron chi connectivity index (χ0n) is 11.9. The van der Waals surface area contributed by atoms with Crippen LogP contribution in [0.4, 0.5) is 0 Å². The third kappa shape index (κ3) is 3.46. The molecule has 0 unspecified atom stereocenters. The molecule has 0 aliphatic heterocycles. The van der Waals surface area contributed by atoms with Crippen LogP contribution < -0.4 is 0 Å². The minimum atomic E-state index is -0.546. The molecule has 0 aromatic rings. The summed E-state index contributed by atoms with van der Waals surface area (Å²) in [5.41, 5.74) is 0.414. The molecule has 0 N–H and O–H groups in total. The fourth-order valence-corrected chi connectivity index (χ4v) is 2.05. The van der Waals surface area contributed by atoms with Gasteiger partial charge in [-0.3, -0.25) is 4.79 Å². The minimum absolute atomic E-state index is 0.177. The predicted octanol–water partition coefficient (Wildman–Crippen LogP) is 4.21. The second-order valence-corrected chi connectivity index (χ2v) is 3.81. The van der Waals surface area contributed by atoms with Crippen molar-refractivity contribution in [1.29, 1.82) is 0 Å². The van der Waals surface area contributed by atoms with Crippen LogP contribution in [0.1, 0.15) is 33.6 Å². The third-order valence-electron chi connectivity index (χ3n) is 2.87. The van der Waals surface area contributed by atoms with E-state index in [9.17, 15) is 4.79 Å². The number of allylic oxidation sites excluding steroid dienone is 6. The molecule has 2 heteroatoms. The van der Waals surface area contributed by atoms with Crippen molar-refractivity contribution in [3.05, 3.63) is 48.6 Å². The number of hydrogen-bond donors (Lipinski definition) is 0. The fraction of sp³-hybridized carbons (Fsp3) is 0.438. The molecule has 100 valence electrons. The van der Waals surface area contributed by atoms with Crippen molar-refractivity contribution in [3.63, 3.8) is 0 Å². The maximum Gasteiger partial charge on any atom is 0.316 e. The molecule has 0 saturated carbocycles. The molecule has 0 amide bonds. The molecule has 0 saturated heterocycles. The lowest BCUT2D eigenvalue weighted by molar-refractivity contribution is -0.149. The lowest BCUT2D eigenvalue weighted by atomic mass is 9.77. The summed E-state index contributed by atoms with van der Waals surface area (Å²) in [4.78, 5) is 12.0. The van der Waals surface area contributed by atoms with Crippen molar-refractivity contribution in [2.75, 3.05) is 7.11 Å².